The van der Waals surface area contributed by atoms with Gasteiger partial charge in [0.25, 0.3) is 0 Å². The molecule has 8 heteroatoms. The van der Waals surface area contributed by atoms with Crippen LogP contribution >= 0.6 is 0 Å². The highest BCUT2D eigenvalue weighted by Crippen LogP contribution is 2.37. The predicted octanol–water partition coefficient (Wildman–Crippen LogP) is 2.46. The lowest BCUT2D eigenvalue weighted by Crippen LogP contribution is -2.31. The van der Waals surface area contributed by atoms with Crippen molar-refractivity contribution in [3.8, 4) is 0 Å². The van der Waals surface area contributed by atoms with Crippen LogP contribution in [0.25, 0.3) is 0 Å². The summed E-state index contributed by atoms with van der Waals surface area (Å²) in [5.41, 5.74) is 2.22. The van der Waals surface area contributed by atoms with Crippen LogP contribution in [0.1, 0.15) is 35.8 Å². The molecule has 26 heavy (non-hydrogen) atoms. The minimum absolute atomic E-state index is 0.162. The van der Waals surface area contributed by atoms with Crippen molar-refractivity contribution in [3.05, 3.63) is 47.0 Å². The number of sulfonamides is 1. The number of hydrogen-bond donors (Lipinski definition) is 0. The third kappa shape index (κ3) is 3.54. The van der Waals surface area contributed by atoms with Crippen LogP contribution in [0.2, 0.25) is 0 Å². The average Bonchev–Trinajstić information content (AvgIpc) is 3.14. The van der Waals surface area contributed by atoms with Crippen molar-refractivity contribution in [2.45, 2.75) is 37.2 Å². The van der Waals surface area contributed by atoms with Gasteiger partial charge in [-0.3, -0.25) is 4.68 Å². The highest BCUT2D eigenvalue weighted by molar-refractivity contribution is 7.89. The summed E-state index contributed by atoms with van der Waals surface area (Å²) in [5.74, 6) is -0.433. The van der Waals surface area contributed by atoms with Crippen molar-refractivity contribution in [2.24, 2.45) is 7.05 Å². The zero-order valence-electron chi connectivity index (χ0n) is 15.6. The van der Waals surface area contributed by atoms with Gasteiger partial charge in [0.05, 0.1) is 22.3 Å². The zero-order chi connectivity index (χ0) is 19.1. The molecule has 1 fully saturated rings. The van der Waals surface area contributed by atoms with Crippen molar-refractivity contribution >= 4 is 10.0 Å². The molecule has 2 heterocycles. The SMILES string of the molecule is Cc1cc(F)ccc1S(=O)(=O)N1CCC[C@H]1c1cc(CN(C)C)n(C)n1. The summed E-state index contributed by atoms with van der Waals surface area (Å²) in [6, 6.07) is 5.50. The van der Waals surface area contributed by atoms with E-state index in [1.807, 2.05) is 36.8 Å². The van der Waals surface area contributed by atoms with Crippen LogP contribution in [-0.4, -0.2) is 48.0 Å². The average molecular weight is 380 g/mol. The molecule has 2 aromatic rings. The second-order valence-electron chi connectivity index (χ2n) is 7.11. The van der Waals surface area contributed by atoms with E-state index < -0.39 is 15.8 Å². The van der Waals surface area contributed by atoms with E-state index >= 15 is 0 Å². The molecule has 6 nitrogen and oxygen atoms in total. The van der Waals surface area contributed by atoms with Gasteiger partial charge >= 0.3 is 0 Å². The molecule has 0 aliphatic carbocycles. The Hall–Kier alpha value is -1.77. The van der Waals surface area contributed by atoms with E-state index in [9.17, 15) is 12.8 Å². The van der Waals surface area contributed by atoms with Crippen molar-refractivity contribution < 1.29 is 12.8 Å². The fraction of sp³-hybridized carbons (Fsp3) is 0.500. The van der Waals surface area contributed by atoms with Gasteiger partial charge in [-0.15, -0.1) is 0 Å². The molecule has 1 saturated heterocycles. The number of halogens is 1. The molecule has 0 bridgehead atoms. The van der Waals surface area contributed by atoms with Crippen LogP contribution in [0.15, 0.2) is 29.2 Å². The first-order valence-electron chi connectivity index (χ1n) is 8.65. The lowest BCUT2D eigenvalue weighted by Gasteiger charge is -2.23. The molecule has 0 amide bonds. The molecule has 1 aliphatic heterocycles. The standard InChI is InChI=1S/C18H25FN4O2S/c1-13-10-14(19)7-8-18(13)26(24,25)23-9-5-6-17(23)16-11-15(12-21(2)3)22(4)20-16/h7-8,10-11,17H,5-6,9,12H2,1-4H3/t17-/m0/s1. The summed E-state index contributed by atoms with van der Waals surface area (Å²) in [6.07, 6.45) is 1.52. The normalized spacial score (nSPS) is 18.8. The molecule has 1 aromatic heterocycles. The summed E-state index contributed by atoms with van der Waals surface area (Å²) < 4.78 is 43.1. The molecule has 0 unspecified atom stereocenters. The maximum absolute atomic E-state index is 13.4. The molecule has 1 aliphatic rings. The van der Waals surface area contributed by atoms with Gasteiger partial charge < -0.3 is 4.90 Å². The second kappa shape index (κ2) is 7.09. The van der Waals surface area contributed by atoms with E-state index in [2.05, 4.69) is 5.10 Å². The van der Waals surface area contributed by atoms with Crippen LogP contribution < -0.4 is 0 Å². The van der Waals surface area contributed by atoms with E-state index in [0.29, 0.717) is 12.1 Å². The molecule has 1 aromatic carbocycles. The van der Waals surface area contributed by atoms with Crippen molar-refractivity contribution in [2.75, 3.05) is 20.6 Å². The Morgan fingerprint density at radius 1 is 1.31 bits per heavy atom. The maximum Gasteiger partial charge on any atom is 0.243 e. The first kappa shape index (κ1) is 19.0. The van der Waals surface area contributed by atoms with Gasteiger partial charge in [-0.2, -0.15) is 9.40 Å². The van der Waals surface area contributed by atoms with E-state index in [1.54, 1.807) is 6.92 Å². The van der Waals surface area contributed by atoms with Crippen LogP contribution in [-0.2, 0) is 23.6 Å². The van der Waals surface area contributed by atoms with Gasteiger partial charge in [-0.25, -0.2) is 12.8 Å². The fourth-order valence-corrected chi connectivity index (χ4v) is 5.39. The van der Waals surface area contributed by atoms with Gasteiger partial charge in [0.1, 0.15) is 5.82 Å². The van der Waals surface area contributed by atoms with Gasteiger partial charge in [0.2, 0.25) is 10.0 Å². The zero-order valence-corrected chi connectivity index (χ0v) is 16.4. The molecule has 3 rings (SSSR count). The van der Waals surface area contributed by atoms with Crippen molar-refractivity contribution in [1.82, 2.24) is 19.0 Å². The number of rotatable bonds is 5. The maximum atomic E-state index is 13.4. The van der Waals surface area contributed by atoms with Crippen molar-refractivity contribution in [1.29, 1.82) is 0 Å². The molecule has 0 radical (unpaired) electrons. The summed E-state index contributed by atoms with van der Waals surface area (Å²) in [7, 11) is 2.14. The third-order valence-electron chi connectivity index (χ3n) is 4.74. The Morgan fingerprint density at radius 2 is 2.04 bits per heavy atom. The topological polar surface area (TPSA) is 58.4 Å². The predicted molar refractivity (Wildman–Crippen MR) is 97.6 cm³/mol. The number of nitrogens with zero attached hydrogens (tertiary/aromatic N) is 4. The summed E-state index contributed by atoms with van der Waals surface area (Å²) in [6.45, 7) is 2.81. The van der Waals surface area contributed by atoms with Crippen molar-refractivity contribution in [3.63, 3.8) is 0 Å². The first-order chi connectivity index (χ1) is 12.2. The minimum Gasteiger partial charge on any atom is -0.304 e. The van der Waals surface area contributed by atoms with E-state index in [-0.39, 0.29) is 10.9 Å². The minimum atomic E-state index is -3.70. The number of benzene rings is 1. The van der Waals surface area contributed by atoms with E-state index in [1.165, 1.54) is 22.5 Å². The lowest BCUT2D eigenvalue weighted by molar-refractivity contribution is 0.384. The van der Waals surface area contributed by atoms with Gasteiger partial charge in [0, 0.05) is 20.1 Å². The van der Waals surface area contributed by atoms with E-state index in [0.717, 1.165) is 30.8 Å². The monoisotopic (exact) mass is 380 g/mol. The largest absolute Gasteiger partial charge is 0.304 e. The molecule has 0 saturated carbocycles. The van der Waals surface area contributed by atoms with Crippen LogP contribution in [0.5, 0.6) is 0 Å². The molecule has 0 N–H and O–H groups in total. The van der Waals surface area contributed by atoms with Crippen LogP contribution in [0.4, 0.5) is 4.39 Å². The Bertz CT molecular complexity index is 908. The molecule has 0 spiro atoms. The molecule has 142 valence electrons. The second-order valence-corrected chi connectivity index (χ2v) is 8.96. The van der Waals surface area contributed by atoms with Gasteiger partial charge in [-0.1, -0.05) is 0 Å². The van der Waals surface area contributed by atoms with Crippen LogP contribution in [0, 0.1) is 12.7 Å². The van der Waals surface area contributed by atoms with Gasteiger partial charge in [0.15, 0.2) is 0 Å². The number of aromatic nitrogens is 2. The number of aryl methyl sites for hydroxylation is 2. The third-order valence-corrected chi connectivity index (χ3v) is 6.81. The number of hydrogen-bond acceptors (Lipinski definition) is 4. The summed E-state index contributed by atoms with van der Waals surface area (Å²) >= 11 is 0. The first-order valence-corrected chi connectivity index (χ1v) is 10.1. The van der Waals surface area contributed by atoms with Gasteiger partial charge in [-0.05, 0) is 63.7 Å². The molecular formula is C18H25FN4O2S. The molecular weight excluding hydrogens is 355 g/mol. The summed E-state index contributed by atoms with van der Waals surface area (Å²) in [4.78, 5) is 2.21. The highest BCUT2D eigenvalue weighted by Gasteiger charge is 2.38. The highest BCUT2D eigenvalue weighted by atomic mass is 32.2. The lowest BCUT2D eigenvalue weighted by atomic mass is 10.1. The summed E-state index contributed by atoms with van der Waals surface area (Å²) in [5, 5.41) is 4.56. The van der Waals surface area contributed by atoms with Crippen LogP contribution in [0.3, 0.4) is 0 Å². The smallest absolute Gasteiger partial charge is 0.243 e. The molecule has 1 atom stereocenters. The Balaban J connectivity index is 1.95. The fourth-order valence-electron chi connectivity index (χ4n) is 3.52. The van der Waals surface area contributed by atoms with E-state index in [4.69, 9.17) is 0 Å². The quantitative estimate of drug-likeness (QED) is 0.800. The Morgan fingerprint density at radius 3 is 2.69 bits per heavy atom. The Kier molecular flexibility index (Phi) is 5.18. The Labute approximate surface area is 154 Å².